The summed E-state index contributed by atoms with van der Waals surface area (Å²) in [6.07, 6.45) is 1.33. The van der Waals surface area contributed by atoms with Crippen molar-refractivity contribution < 1.29 is 17.9 Å². The molecule has 174 valence electrons. The van der Waals surface area contributed by atoms with Gasteiger partial charge in [-0.05, 0) is 18.9 Å². The summed E-state index contributed by atoms with van der Waals surface area (Å²) in [6.45, 7) is 6.37. The summed E-state index contributed by atoms with van der Waals surface area (Å²) >= 11 is 1.41. The second kappa shape index (κ2) is 10.5. The number of hydrogen-bond donors (Lipinski definition) is 0. The molecule has 2 aliphatic rings. The number of sulfone groups is 1. The summed E-state index contributed by atoms with van der Waals surface area (Å²) in [6, 6.07) is 7.64. The van der Waals surface area contributed by atoms with E-state index in [0.29, 0.717) is 32.7 Å². The lowest BCUT2D eigenvalue weighted by Crippen LogP contribution is -2.42. The van der Waals surface area contributed by atoms with E-state index in [1.54, 1.807) is 4.90 Å². The fourth-order valence-corrected chi connectivity index (χ4v) is 6.87. The Labute approximate surface area is 193 Å². The van der Waals surface area contributed by atoms with Gasteiger partial charge >= 0.3 is 0 Å². The Morgan fingerprint density at radius 2 is 2.03 bits per heavy atom. The predicted octanol–water partition coefficient (Wildman–Crippen LogP) is 1.98. The lowest BCUT2D eigenvalue weighted by molar-refractivity contribution is -0.130. The number of rotatable bonds is 8. The van der Waals surface area contributed by atoms with Crippen LogP contribution in [0.1, 0.15) is 25.6 Å². The highest BCUT2D eigenvalue weighted by atomic mass is 32.2. The van der Waals surface area contributed by atoms with Gasteiger partial charge in [-0.3, -0.25) is 9.69 Å². The van der Waals surface area contributed by atoms with Crippen LogP contribution in [-0.2, 0) is 25.9 Å². The van der Waals surface area contributed by atoms with Crippen molar-refractivity contribution in [2.45, 2.75) is 37.4 Å². The highest BCUT2D eigenvalue weighted by molar-refractivity contribution is 8.00. The number of thioether (sulfide) groups is 1. The van der Waals surface area contributed by atoms with Gasteiger partial charge in [0.1, 0.15) is 10.9 Å². The number of nitrogens with zero attached hydrogens (tertiary/aromatic N) is 4. The average molecular weight is 479 g/mol. The van der Waals surface area contributed by atoms with Gasteiger partial charge in [0.05, 0.1) is 42.5 Å². The first kappa shape index (κ1) is 23.4. The summed E-state index contributed by atoms with van der Waals surface area (Å²) in [4.78, 5) is 26.6. The molecule has 1 atom stereocenters. The molecule has 4 rings (SSSR count). The summed E-state index contributed by atoms with van der Waals surface area (Å²) in [7, 11) is -3.04. The number of ether oxygens (including phenoxy) is 1. The van der Waals surface area contributed by atoms with Crippen LogP contribution in [0.2, 0.25) is 0 Å². The Bertz CT molecular complexity index is 1060. The Kier molecular flexibility index (Phi) is 7.65. The molecule has 0 aliphatic carbocycles. The maximum atomic E-state index is 13.1. The van der Waals surface area contributed by atoms with Crippen LogP contribution < -0.4 is 0 Å². The van der Waals surface area contributed by atoms with Crippen molar-refractivity contribution >= 4 is 38.4 Å². The summed E-state index contributed by atoms with van der Waals surface area (Å²) in [5.74, 6) is 1.18. The van der Waals surface area contributed by atoms with E-state index in [2.05, 4.69) is 4.90 Å². The third-order valence-electron chi connectivity index (χ3n) is 5.85. The molecule has 0 unspecified atom stereocenters. The molecule has 0 N–H and O–H groups in total. The molecule has 2 fully saturated rings. The molecule has 2 saturated heterocycles. The van der Waals surface area contributed by atoms with Crippen LogP contribution in [-0.4, -0.2) is 90.2 Å². The number of fused-ring (bicyclic) bond motifs is 1. The SMILES string of the molecule is CCCN(C(=O)CSc1nc(CN2CCOCC2)nc2ccccc12)[C@H]1CCS(=O)(=O)C1. The molecule has 1 amide bonds. The van der Waals surface area contributed by atoms with Gasteiger partial charge in [-0.2, -0.15) is 0 Å². The van der Waals surface area contributed by atoms with Gasteiger partial charge in [-0.15, -0.1) is 0 Å². The quantitative estimate of drug-likeness (QED) is 0.420. The second-order valence-electron chi connectivity index (χ2n) is 8.28. The summed E-state index contributed by atoms with van der Waals surface area (Å²) in [5, 5.41) is 1.73. The van der Waals surface area contributed by atoms with Crippen LogP contribution in [0.15, 0.2) is 29.3 Å². The zero-order valence-electron chi connectivity index (χ0n) is 18.4. The van der Waals surface area contributed by atoms with Crippen LogP contribution in [0.25, 0.3) is 10.9 Å². The molecule has 2 aliphatic heterocycles. The Balaban J connectivity index is 1.50. The van der Waals surface area contributed by atoms with Gasteiger partial charge < -0.3 is 9.64 Å². The largest absolute Gasteiger partial charge is 0.379 e. The fraction of sp³-hybridized carbons (Fsp3) is 0.591. The fourth-order valence-electron chi connectivity index (χ4n) is 4.22. The molecule has 8 nitrogen and oxygen atoms in total. The summed E-state index contributed by atoms with van der Waals surface area (Å²) in [5.41, 5.74) is 0.869. The highest BCUT2D eigenvalue weighted by Gasteiger charge is 2.34. The van der Waals surface area contributed by atoms with Gasteiger partial charge in [-0.25, -0.2) is 18.4 Å². The number of aromatic nitrogens is 2. The third-order valence-corrected chi connectivity index (χ3v) is 8.58. The molecule has 2 aromatic rings. The minimum Gasteiger partial charge on any atom is -0.379 e. The number of benzene rings is 1. The molecule has 10 heteroatoms. The molecule has 0 bridgehead atoms. The number of carbonyl (C=O) groups is 1. The van der Waals surface area contributed by atoms with Gasteiger partial charge in [-0.1, -0.05) is 36.9 Å². The first-order chi connectivity index (χ1) is 15.4. The van der Waals surface area contributed by atoms with Gasteiger partial charge in [0.15, 0.2) is 9.84 Å². The predicted molar refractivity (Wildman–Crippen MR) is 125 cm³/mol. The van der Waals surface area contributed by atoms with Crippen molar-refractivity contribution in [3.63, 3.8) is 0 Å². The van der Waals surface area contributed by atoms with Gasteiger partial charge in [0.25, 0.3) is 0 Å². The summed E-state index contributed by atoms with van der Waals surface area (Å²) < 4.78 is 29.3. The number of hydrogen-bond acceptors (Lipinski definition) is 8. The van der Waals surface area contributed by atoms with Crippen LogP contribution in [0.5, 0.6) is 0 Å². The number of morpholine rings is 1. The molecule has 1 aromatic carbocycles. The zero-order valence-corrected chi connectivity index (χ0v) is 20.0. The van der Waals surface area contributed by atoms with Crippen LogP contribution in [0.4, 0.5) is 0 Å². The van der Waals surface area contributed by atoms with E-state index in [1.165, 1.54) is 11.8 Å². The number of para-hydroxylation sites is 1. The molecule has 0 radical (unpaired) electrons. The van der Waals surface area contributed by atoms with E-state index in [0.717, 1.165) is 41.3 Å². The van der Waals surface area contributed by atoms with E-state index in [-0.39, 0.29) is 29.2 Å². The topological polar surface area (TPSA) is 92.7 Å². The highest BCUT2D eigenvalue weighted by Crippen LogP contribution is 2.27. The van der Waals surface area contributed by atoms with E-state index >= 15 is 0 Å². The van der Waals surface area contributed by atoms with Gasteiger partial charge in [0.2, 0.25) is 5.91 Å². The smallest absolute Gasteiger partial charge is 0.233 e. The first-order valence-electron chi connectivity index (χ1n) is 11.1. The van der Waals surface area contributed by atoms with Crippen molar-refractivity contribution in [3.05, 3.63) is 30.1 Å². The molecule has 0 spiro atoms. The van der Waals surface area contributed by atoms with Gasteiger partial charge in [0, 0.05) is 31.1 Å². The van der Waals surface area contributed by atoms with Crippen LogP contribution in [0, 0.1) is 0 Å². The van der Waals surface area contributed by atoms with E-state index < -0.39 is 9.84 Å². The lowest BCUT2D eigenvalue weighted by Gasteiger charge is -2.28. The second-order valence-corrected chi connectivity index (χ2v) is 11.5. The Morgan fingerprint density at radius 1 is 1.25 bits per heavy atom. The molecule has 3 heterocycles. The van der Waals surface area contributed by atoms with Crippen molar-refractivity contribution in [2.24, 2.45) is 0 Å². The van der Waals surface area contributed by atoms with Crippen molar-refractivity contribution in [3.8, 4) is 0 Å². The standard InChI is InChI=1S/C22H30N4O4S2/c1-2-8-26(17-7-13-32(28,29)16-17)21(27)15-31-22-18-5-3-4-6-19(18)23-20(24-22)14-25-9-11-30-12-10-25/h3-6,17H,2,7-16H2,1H3/t17-/m0/s1. The van der Waals surface area contributed by atoms with Crippen molar-refractivity contribution in [1.82, 2.24) is 19.8 Å². The minimum absolute atomic E-state index is 0.0311. The monoisotopic (exact) mass is 478 g/mol. The molecule has 32 heavy (non-hydrogen) atoms. The van der Waals surface area contributed by atoms with E-state index in [1.807, 2.05) is 31.2 Å². The lowest BCUT2D eigenvalue weighted by atomic mass is 10.2. The molecule has 0 saturated carbocycles. The molecular weight excluding hydrogens is 448 g/mol. The van der Waals surface area contributed by atoms with Crippen molar-refractivity contribution in [1.29, 1.82) is 0 Å². The maximum absolute atomic E-state index is 13.1. The molecule has 1 aromatic heterocycles. The maximum Gasteiger partial charge on any atom is 0.233 e. The Morgan fingerprint density at radius 3 is 2.75 bits per heavy atom. The van der Waals surface area contributed by atoms with E-state index in [4.69, 9.17) is 14.7 Å². The van der Waals surface area contributed by atoms with E-state index in [9.17, 15) is 13.2 Å². The number of amides is 1. The van der Waals surface area contributed by atoms with Crippen LogP contribution >= 0.6 is 11.8 Å². The third kappa shape index (κ3) is 5.78. The Hall–Kier alpha value is -1.75. The van der Waals surface area contributed by atoms with Crippen LogP contribution in [0.3, 0.4) is 0 Å². The average Bonchev–Trinajstić information content (AvgIpc) is 3.15. The number of carbonyl (C=O) groups excluding carboxylic acids is 1. The van der Waals surface area contributed by atoms with Crippen molar-refractivity contribution in [2.75, 3.05) is 50.1 Å². The normalized spacial score (nSPS) is 21.1. The first-order valence-corrected chi connectivity index (χ1v) is 13.9. The zero-order chi connectivity index (χ0) is 22.6. The molecular formula is C22H30N4O4S2. The minimum atomic E-state index is -3.04.